The van der Waals surface area contributed by atoms with Gasteiger partial charge in [-0.2, -0.15) is 15.0 Å². The van der Waals surface area contributed by atoms with Crippen LogP contribution < -0.4 is 10.5 Å². The number of rotatable bonds is 5. The zero-order valence-electron chi connectivity index (χ0n) is 11.3. The van der Waals surface area contributed by atoms with Crippen molar-refractivity contribution in [2.75, 3.05) is 0 Å². The molecule has 6 nitrogen and oxygen atoms in total. The summed E-state index contributed by atoms with van der Waals surface area (Å²) in [6.07, 6.45) is 0. The lowest BCUT2D eigenvalue weighted by Gasteiger charge is -2.06. The van der Waals surface area contributed by atoms with Crippen LogP contribution in [0.4, 0.5) is 4.39 Å². The molecular formula is C13H15FN4O2. The summed E-state index contributed by atoms with van der Waals surface area (Å²) < 4.78 is 19.1. The monoisotopic (exact) mass is 278 g/mol. The van der Waals surface area contributed by atoms with Crippen molar-refractivity contribution in [1.29, 1.82) is 0 Å². The van der Waals surface area contributed by atoms with Crippen LogP contribution in [0.15, 0.2) is 18.2 Å². The molecule has 0 atom stereocenters. The lowest BCUT2D eigenvalue weighted by molar-refractivity contribution is 0.0999. The maximum atomic E-state index is 13.7. The van der Waals surface area contributed by atoms with Crippen molar-refractivity contribution >= 4 is 5.91 Å². The van der Waals surface area contributed by atoms with E-state index in [-0.39, 0.29) is 17.9 Å². The fraction of sp³-hybridized carbons (Fsp3) is 0.308. The molecule has 0 saturated heterocycles. The quantitative estimate of drug-likeness (QED) is 0.896. The van der Waals surface area contributed by atoms with E-state index in [1.807, 2.05) is 13.8 Å². The Hall–Kier alpha value is -2.44. The van der Waals surface area contributed by atoms with Gasteiger partial charge in [-0.15, -0.1) is 0 Å². The number of nitrogens with two attached hydrogens (primary N) is 1. The number of aromatic nitrogens is 3. The van der Waals surface area contributed by atoms with Crippen LogP contribution in [0.25, 0.3) is 0 Å². The molecule has 2 rings (SSSR count). The first-order valence-corrected chi connectivity index (χ1v) is 6.14. The molecule has 0 radical (unpaired) electrons. The third-order valence-corrected chi connectivity index (χ3v) is 2.78. The SMILES string of the molecule is CCn1nc(C)c(COc2ccc(C(N)=O)cc2F)n1. The second-order valence-corrected chi connectivity index (χ2v) is 4.22. The molecule has 0 aliphatic heterocycles. The fourth-order valence-corrected chi connectivity index (χ4v) is 1.66. The van der Waals surface area contributed by atoms with E-state index in [4.69, 9.17) is 10.5 Å². The number of carbonyl (C=O) groups excluding carboxylic acids is 1. The predicted molar refractivity (Wildman–Crippen MR) is 69.7 cm³/mol. The van der Waals surface area contributed by atoms with Gasteiger partial charge in [-0.05, 0) is 32.0 Å². The van der Waals surface area contributed by atoms with Crippen molar-refractivity contribution in [2.24, 2.45) is 5.73 Å². The summed E-state index contributed by atoms with van der Waals surface area (Å²) in [7, 11) is 0. The van der Waals surface area contributed by atoms with Gasteiger partial charge in [0.1, 0.15) is 12.3 Å². The van der Waals surface area contributed by atoms with E-state index in [1.54, 1.807) is 4.80 Å². The number of halogens is 1. The van der Waals surface area contributed by atoms with Crippen molar-refractivity contribution in [3.63, 3.8) is 0 Å². The second-order valence-electron chi connectivity index (χ2n) is 4.22. The van der Waals surface area contributed by atoms with Crippen LogP contribution >= 0.6 is 0 Å². The molecule has 106 valence electrons. The third kappa shape index (κ3) is 2.93. The number of benzene rings is 1. The lowest BCUT2D eigenvalue weighted by atomic mass is 10.2. The van der Waals surface area contributed by atoms with E-state index in [2.05, 4.69) is 10.2 Å². The molecule has 0 fully saturated rings. The van der Waals surface area contributed by atoms with E-state index >= 15 is 0 Å². The second kappa shape index (κ2) is 5.68. The molecule has 2 N–H and O–H groups in total. The van der Waals surface area contributed by atoms with Crippen molar-refractivity contribution in [1.82, 2.24) is 15.0 Å². The van der Waals surface area contributed by atoms with Crippen LogP contribution in [0.5, 0.6) is 5.75 Å². The van der Waals surface area contributed by atoms with Crippen molar-refractivity contribution in [3.05, 3.63) is 41.0 Å². The highest BCUT2D eigenvalue weighted by atomic mass is 19.1. The number of hydrogen-bond donors (Lipinski definition) is 1. The molecule has 7 heteroatoms. The normalized spacial score (nSPS) is 10.6. The van der Waals surface area contributed by atoms with Crippen LogP contribution in [0.2, 0.25) is 0 Å². The highest BCUT2D eigenvalue weighted by Gasteiger charge is 2.11. The number of hydrogen-bond acceptors (Lipinski definition) is 4. The van der Waals surface area contributed by atoms with Gasteiger partial charge >= 0.3 is 0 Å². The standard InChI is InChI=1S/C13H15FN4O2/c1-3-18-16-8(2)11(17-18)7-20-12-5-4-9(13(15)19)6-10(12)14/h4-6H,3,7H2,1-2H3,(H2,15,19). The Kier molecular flexibility index (Phi) is 3.97. The summed E-state index contributed by atoms with van der Waals surface area (Å²) in [5.74, 6) is -1.28. The number of amides is 1. The van der Waals surface area contributed by atoms with Gasteiger partial charge in [-0.25, -0.2) is 4.39 Å². The van der Waals surface area contributed by atoms with Gasteiger partial charge in [0.05, 0.1) is 12.2 Å². The Bertz CT molecular complexity index is 639. The van der Waals surface area contributed by atoms with Gasteiger partial charge in [0.2, 0.25) is 5.91 Å². The molecule has 1 amide bonds. The van der Waals surface area contributed by atoms with Gasteiger partial charge in [-0.1, -0.05) is 0 Å². The molecule has 1 aromatic carbocycles. The van der Waals surface area contributed by atoms with E-state index in [9.17, 15) is 9.18 Å². The Morgan fingerprint density at radius 1 is 1.45 bits per heavy atom. The zero-order valence-corrected chi connectivity index (χ0v) is 11.3. The number of ether oxygens (including phenoxy) is 1. The Morgan fingerprint density at radius 2 is 2.20 bits per heavy atom. The lowest BCUT2D eigenvalue weighted by Crippen LogP contribution is -2.11. The summed E-state index contributed by atoms with van der Waals surface area (Å²) in [4.78, 5) is 12.5. The summed E-state index contributed by atoms with van der Waals surface area (Å²) in [6.45, 7) is 4.50. The first-order chi connectivity index (χ1) is 9.51. The molecule has 1 aromatic heterocycles. The van der Waals surface area contributed by atoms with Crippen LogP contribution in [-0.2, 0) is 13.2 Å². The minimum Gasteiger partial charge on any atom is -0.484 e. The summed E-state index contributed by atoms with van der Waals surface area (Å²) >= 11 is 0. The predicted octanol–water partition coefficient (Wildman–Crippen LogP) is 1.42. The number of aryl methyl sites for hydroxylation is 2. The molecule has 1 heterocycles. The summed E-state index contributed by atoms with van der Waals surface area (Å²) in [6, 6.07) is 3.83. The largest absolute Gasteiger partial charge is 0.484 e. The Balaban J connectivity index is 2.10. The minimum atomic E-state index is -0.683. The van der Waals surface area contributed by atoms with Crippen LogP contribution in [0, 0.1) is 12.7 Å². The maximum absolute atomic E-state index is 13.7. The summed E-state index contributed by atoms with van der Waals surface area (Å²) in [5, 5.41) is 8.37. The van der Waals surface area contributed by atoms with Crippen molar-refractivity contribution in [3.8, 4) is 5.75 Å². The number of primary amides is 1. The van der Waals surface area contributed by atoms with E-state index in [0.717, 1.165) is 11.8 Å². The Morgan fingerprint density at radius 3 is 2.75 bits per heavy atom. The maximum Gasteiger partial charge on any atom is 0.248 e. The Labute approximate surface area is 115 Å². The first kappa shape index (κ1) is 14.0. The molecule has 20 heavy (non-hydrogen) atoms. The van der Waals surface area contributed by atoms with E-state index in [1.165, 1.54) is 12.1 Å². The van der Waals surface area contributed by atoms with Gasteiger partial charge < -0.3 is 10.5 Å². The molecule has 0 spiro atoms. The van der Waals surface area contributed by atoms with E-state index < -0.39 is 11.7 Å². The van der Waals surface area contributed by atoms with Crippen molar-refractivity contribution in [2.45, 2.75) is 27.0 Å². The molecule has 0 aliphatic rings. The zero-order chi connectivity index (χ0) is 14.7. The van der Waals surface area contributed by atoms with Gasteiger partial charge in [0, 0.05) is 5.56 Å². The van der Waals surface area contributed by atoms with Gasteiger partial charge in [0.25, 0.3) is 0 Å². The molecule has 0 saturated carbocycles. The van der Waals surface area contributed by atoms with Crippen LogP contribution in [-0.4, -0.2) is 20.9 Å². The van der Waals surface area contributed by atoms with Crippen LogP contribution in [0.3, 0.4) is 0 Å². The average Bonchev–Trinajstić information content (AvgIpc) is 2.78. The highest BCUT2D eigenvalue weighted by molar-refractivity contribution is 5.92. The van der Waals surface area contributed by atoms with E-state index in [0.29, 0.717) is 12.2 Å². The van der Waals surface area contributed by atoms with Crippen LogP contribution in [0.1, 0.15) is 28.7 Å². The molecule has 0 unspecified atom stereocenters. The average molecular weight is 278 g/mol. The molecule has 0 aliphatic carbocycles. The van der Waals surface area contributed by atoms with Gasteiger partial charge in [0.15, 0.2) is 11.6 Å². The first-order valence-electron chi connectivity index (χ1n) is 6.14. The number of nitrogens with zero attached hydrogens (tertiary/aromatic N) is 3. The topological polar surface area (TPSA) is 83.0 Å². The fourth-order valence-electron chi connectivity index (χ4n) is 1.66. The highest BCUT2D eigenvalue weighted by Crippen LogP contribution is 2.19. The summed E-state index contributed by atoms with van der Waals surface area (Å²) in [5.41, 5.74) is 6.55. The van der Waals surface area contributed by atoms with Crippen molar-refractivity contribution < 1.29 is 13.9 Å². The minimum absolute atomic E-state index is 0.0421. The number of carbonyl (C=O) groups is 1. The van der Waals surface area contributed by atoms with Gasteiger partial charge in [-0.3, -0.25) is 4.79 Å². The molecular weight excluding hydrogens is 263 g/mol. The molecule has 0 bridgehead atoms. The smallest absolute Gasteiger partial charge is 0.248 e. The third-order valence-electron chi connectivity index (χ3n) is 2.78. The molecule has 2 aromatic rings.